The van der Waals surface area contributed by atoms with Crippen LogP contribution in [0.15, 0.2) is 65.6 Å². The second-order valence-corrected chi connectivity index (χ2v) is 7.95. The summed E-state index contributed by atoms with van der Waals surface area (Å²) in [7, 11) is -4.36. The maximum absolute atomic E-state index is 14.4. The molecule has 0 aliphatic rings. The van der Waals surface area contributed by atoms with E-state index in [0.717, 1.165) is 24.3 Å². The van der Waals surface area contributed by atoms with Gasteiger partial charge < -0.3 is 5.32 Å². The van der Waals surface area contributed by atoms with Gasteiger partial charge in [-0.15, -0.1) is 0 Å². The molecule has 0 radical (unpaired) electrons. The largest absolute Gasteiger partial charge is 0.319 e. The molecule has 3 aromatic rings. The van der Waals surface area contributed by atoms with Crippen LogP contribution in [0.25, 0.3) is 0 Å². The molecule has 5 nitrogen and oxygen atoms in total. The highest BCUT2D eigenvalue weighted by Gasteiger charge is 2.19. The SMILES string of the molecule is O=C(Nc1ccc(S(=O)(=O)Nc2ccc(F)cc2F)cc1F)c1cccc(Cl)c1. The molecular formula is C19H12ClF3N2O3S. The molecule has 3 aromatic carbocycles. The third-order valence-corrected chi connectivity index (χ3v) is 5.36. The zero-order chi connectivity index (χ0) is 21.2. The lowest BCUT2D eigenvalue weighted by Gasteiger charge is -2.11. The van der Waals surface area contributed by atoms with Gasteiger partial charge in [0.2, 0.25) is 0 Å². The van der Waals surface area contributed by atoms with Gasteiger partial charge in [0.15, 0.2) is 0 Å². The Bertz CT molecular complexity index is 1200. The molecule has 0 saturated heterocycles. The summed E-state index contributed by atoms with van der Waals surface area (Å²) >= 11 is 5.81. The number of rotatable bonds is 5. The van der Waals surface area contributed by atoms with E-state index >= 15 is 0 Å². The number of hydrogen-bond acceptors (Lipinski definition) is 3. The van der Waals surface area contributed by atoms with Crippen LogP contribution in [0.2, 0.25) is 5.02 Å². The van der Waals surface area contributed by atoms with Crippen LogP contribution in [-0.2, 0) is 10.0 Å². The first-order valence-corrected chi connectivity index (χ1v) is 9.86. The molecule has 0 atom stereocenters. The number of carbonyl (C=O) groups is 1. The van der Waals surface area contributed by atoms with Crippen LogP contribution in [-0.4, -0.2) is 14.3 Å². The van der Waals surface area contributed by atoms with Gasteiger partial charge in [0, 0.05) is 16.7 Å². The Morgan fingerprint density at radius 2 is 1.55 bits per heavy atom. The normalized spacial score (nSPS) is 11.2. The summed E-state index contributed by atoms with van der Waals surface area (Å²) in [6.45, 7) is 0. The Kier molecular flexibility index (Phi) is 5.81. The van der Waals surface area contributed by atoms with Crippen molar-refractivity contribution in [3.05, 3.63) is 88.7 Å². The van der Waals surface area contributed by atoms with Crippen LogP contribution in [0.4, 0.5) is 24.5 Å². The molecule has 0 aliphatic heterocycles. The fourth-order valence-corrected chi connectivity index (χ4v) is 3.63. The van der Waals surface area contributed by atoms with Crippen LogP contribution < -0.4 is 10.0 Å². The molecule has 0 saturated carbocycles. The Hall–Kier alpha value is -3.04. The van der Waals surface area contributed by atoms with Crippen molar-refractivity contribution in [2.24, 2.45) is 0 Å². The third kappa shape index (κ3) is 4.87. The highest BCUT2D eigenvalue weighted by atomic mass is 35.5. The zero-order valence-corrected chi connectivity index (χ0v) is 16.0. The Labute approximate surface area is 169 Å². The van der Waals surface area contributed by atoms with E-state index in [9.17, 15) is 26.4 Å². The van der Waals surface area contributed by atoms with Crippen LogP contribution in [0.1, 0.15) is 10.4 Å². The highest BCUT2D eigenvalue weighted by molar-refractivity contribution is 7.92. The second-order valence-electron chi connectivity index (χ2n) is 5.84. The molecule has 0 unspecified atom stereocenters. The van der Waals surface area contributed by atoms with Crippen molar-refractivity contribution >= 4 is 38.9 Å². The van der Waals surface area contributed by atoms with Gasteiger partial charge in [-0.3, -0.25) is 9.52 Å². The van der Waals surface area contributed by atoms with E-state index in [2.05, 4.69) is 5.32 Å². The van der Waals surface area contributed by atoms with Gasteiger partial charge in [-0.25, -0.2) is 21.6 Å². The lowest BCUT2D eigenvalue weighted by atomic mass is 10.2. The Morgan fingerprint density at radius 1 is 0.862 bits per heavy atom. The van der Waals surface area contributed by atoms with Crippen molar-refractivity contribution in [2.75, 3.05) is 10.0 Å². The smallest absolute Gasteiger partial charge is 0.262 e. The number of nitrogens with one attached hydrogen (secondary N) is 2. The summed E-state index contributed by atoms with van der Waals surface area (Å²) in [5.41, 5.74) is -0.575. The van der Waals surface area contributed by atoms with Crippen LogP contribution in [0.3, 0.4) is 0 Å². The number of anilines is 2. The molecule has 0 aromatic heterocycles. The minimum atomic E-state index is -4.36. The predicted molar refractivity (Wildman–Crippen MR) is 103 cm³/mol. The Balaban J connectivity index is 1.82. The first-order valence-electron chi connectivity index (χ1n) is 8.00. The van der Waals surface area contributed by atoms with Crippen LogP contribution in [0.5, 0.6) is 0 Å². The molecule has 0 fully saturated rings. The molecule has 29 heavy (non-hydrogen) atoms. The lowest BCUT2D eigenvalue weighted by Crippen LogP contribution is -2.16. The molecule has 3 rings (SSSR count). The second kappa shape index (κ2) is 8.14. The fraction of sp³-hybridized carbons (Fsp3) is 0. The number of amides is 1. The van der Waals surface area contributed by atoms with Gasteiger partial charge in [-0.05, 0) is 48.5 Å². The monoisotopic (exact) mass is 440 g/mol. The summed E-state index contributed by atoms with van der Waals surface area (Å²) < 4.78 is 67.6. The van der Waals surface area contributed by atoms with E-state index in [4.69, 9.17) is 11.6 Å². The van der Waals surface area contributed by atoms with Gasteiger partial charge in [-0.2, -0.15) is 0 Å². The average molecular weight is 441 g/mol. The summed E-state index contributed by atoms with van der Waals surface area (Å²) in [6.07, 6.45) is 0. The summed E-state index contributed by atoms with van der Waals surface area (Å²) in [4.78, 5) is 11.7. The first-order chi connectivity index (χ1) is 13.7. The molecule has 0 aliphatic carbocycles. The molecule has 1 amide bonds. The maximum atomic E-state index is 14.4. The van der Waals surface area contributed by atoms with Crippen molar-refractivity contribution in [1.82, 2.24) is 0 Å². The van der Waals surface area contributed by atoms with E-state index in [1.165, 1.54) is 12.1 Å². The van der Waals surface area contributed by atoms with Crippen LogP contribution in [0, 0.1) is 17.5 Å². The standard InChI is InChI=1S/C19H12ClF3N2O3S/c20-12-3-1-2-11(8-12)19(26)24-17-7-5-14(10-16(17)23)29(27,28)25-18-6-4-13(21)9-15(18)22/h1-10,25H,(H,24,26). The van der Waals surface area contributed by atoms with E-state index in [0.29, 0.717) is 17.2 Å². The number of sulfonamides is 1. The molecule has 0 spiro atoms. The zero-order valence-electron chi connectivity index (χ0n) is 14.4. The Morgan fingerprint density at radius 3 is 2.21 bits per heavy atom. The summed E-state index contributed by atoms with van der Waals surface area (Å²) in [5, 5.41) is 2.63. The van der Waals surface area contributed by atoms with E-state index in [-0.39, 0.29) is 11.3 Å². The molecule has 150 valence electrons. The van der Waals surface area contributed by atoms with Crippen molar-refractivity contribution in [3.63, 3.8) is 0 Å². The maximum Gasteiger partial charge on any atom is 0.262 e. The molecular weight excluding hydrogens is 429 g/mol. The van der Waals surface area contributed by atoms with Gasteiger partial charge in [0.25, 0.3) is 15.9 Å². The quantitative estimate of drug-likeness (QED) is 0.597. The third-order valence-electron chi connectivity index (χ3n) is 3.76. The lowest BCUT2D eigenvalue weighted by molar-refractivity contribution is 0.102. The van der Waals surface area contributed by atoms with E-state index in [1.807, 2.05) is 4.72 Å². The molecule has 10 heteroatoms. The minimum Gasteiger partial charge on any atom is -0.319 e. The van der Waals surface area contributed by atoms with E-state index < -0.39 is 44.0 Å². The van der Waals surface area contributed by atoms with Crippen molar-refractivity contribution in [1.29, 1.82) is 0 Å². The van der Waals surface area contributed by atoms with Gasteiger partial charge in [0.05, 0.1) is 16.3 Å². The number of hydrogen-bond donors (Lipinski definition) is 2. The van der Waals surface area contributed by atoms with Gasteiger partial charge in [0.1, 0.15) is 17.5 Å². The summed E-state index contributed by atoms with van der Waals surface area (Å²) in [5.74, 6) is -3.67. The average Bonchev–Trinajstić information content (AvgIpc) is 2.65. The fourth-order valence-electron chi connectivity index (χ4n) is 2.36. The highest BCUT2D eigenvalue weighted by Crippen LogP contribution is 2.24. The molecule has 0 heterocycles. The molecule has 0 bridgehead atoms. The first kappa shape index (κ1) is 20.7. The van der Waals surface area contributed by atoms with Gasteiger partial charge in [-0.1, -0.05) is 17.7 Å². The minimum absolute atomic E-state index is 0.182. The van der Waals surface area contributed by atoms with Crippen LogP contribution >= 0.6 is 11.6 Å². The predicted octanol–water partition coefficient (Wildman–Crippen LogP) is 4.81. The van der Waals surface area contributed by atoms with Crippen molar-refractivity contribution in [3.8, 4) is 0 Å². The molecule has 2 N–H and O–H groups in total. The van der Waals surface area contributed by atoms with Gasteiger partial charge >= 0.3 is 0 Å². The van der Waals surface area contributed by atoms with Crippen molar-refractivity contribution in [2.45, 2.75) is 4.90 Å². The number of carbonyl (C=O) groups excluding carboxylic acids is 1. The number of benzene rings is 3. The topological polar surface area (TPSA) is 75.3 Å². The number of halogens is 4. The van der Waals surface area contributed by atoms with Crippen molar-refractivity contribution < 1.29 is 26.4 Å². The summed E-state index contributed by atoms with van der Waals surface area (Å²) in [6, 6.07) is 11.0. The van der Waals surface area contributed by atoms with E-state index in [1.54, 1.807) is 12.1 Å².